The van der Waals surface area contributed by atoms with E-state index in [2.05, 4.69) is 0 Å². The molecule has 0 aromatic heterocycles. The van der Waals surface area contributed by atoms with Crippen molar-refractivity contribution in [3.8, 4) is 0 Å². The number of nitrogens with zero attached hydrogens (tertiary/aromatic N) is 2. The Morgan fingerprint density at radius 1 is 0.774 bits per heavy atom. The average molecular weight is 469 g/mol. The highest BCUT2D eigenvalue weighted by molar-refractivity contribution is 6.51. The van der Waals surface area contributed by atoms with Crippen LogP contribution in [0.25, 0.3) is 0 Å². The van der Waals surface area contributed by atoms with Crippen LogP contribution < -0.4 is 0 Å². The number of benzene rings is 2. The van der Waals surface area contributed by atoms with E-state index < -0.39 is 38.0 Å². The van der Waals surface area contributed by atoms with Crippen LogP contribution in [0.15, 0.2) is 48.5 Å². The molecule has 1 aliphatic carbocycles. The number of hydrogen-bond donors (Lipinski definition) is 0. The van der Waals surface area contributed by atoms with E-state index in [1.165, 1.54) is 48.5 Å². The first-order chi connectivity index (χ1) is 14.6. The van der Waals surface area contributed by atoms with Crippen LogP contribution in [0.3, 0.4) is 0 Å². The number of carbonyl (C=O) groups excluding carboxylic acids is 2. The molecule has 0 radical (unpaired) electrons. The van der Waals surface area contributed by atoms with Crippen molar-refractivity contribution in [1.82, 2.24) is 0 Å². The first kappa shape index (κ1) is 22.4. The van der Waals surface area contributed by atoms with E-state index in [4.69, 9.17) is 32.7 Å². The molecule has 0 heterocycles. The van der Waals surface area contributed by atoms with Gasteiger partial charge in [0, 0.05) is 36.1 Å². The molecule has 10 nitrogen and oxygen atoms in total. The largest absolute Gasteiger partial charge is 0.462 e. The molecule has 0 amide bonds. The predicted molar refractivity (Wildman–Crippen MR) is 108 cm³/mol. The van der Waals surface area contributed by atoms with E-state index in [0.717, 1.165) is 0 Å². The summed E-state index contributed by atoms with van der Waals surface area (Å²) in [5, 5.41) is 21.3. The topological polar surface area (TPSA) is 139 Å². The summed E-state index contributed by atoms with van der Waals surface area (Å²) in [5.74, 6) is -2.37. The van der Waals surface area contributed by atoms with Gasteiger partial charge in [0.1, 0.15) is 4.33 Å². The van der Waals surface area contributed by atoms with E-state index in [9.17, 15) is 29.8 Å². The smallest absolute Gasteiger partial charge is 0.338 e. The van der Waals surface area contributed by atoms with Crippen LogP contribution in [0.1, 0.15) is 20.7 Å². The Bertz CT molecular complexity index is 943. The Hall–Kier alpha value is -3.24. The molecule has 2 atom stereocenters. The van der Waals surface area contributed by atoms with Crippen LogP contribution in [-0.4, -0.2) is 39.3 Å². The Labute approximate surface area is 184 Å². The van der Waals surface area contributed by atoms with Gasteiger partial charge in [0.2, 0.25) is 0 Å². The third-order valence-electron chi connectivity index (χ3n) is 4.78. The van der Waals surface area contributed by atoms with Gasteiger partial charge in [-0.25, -0.2) is 9.59 Å². The molecule has 31 heavy (non-hydrogen) atoms. The van der Waals surface area contributed by atoms with E-state index in [1.807, 2.05) is 0 Å². The average Bonchev–Trinajstić information content (AvgIpc) is 3.28. The van der Waals surface area contributed by atoms with Gasteiger partial charge in [0.15, 0.2) is 0 Å². The molecule has 0 aliphatic heterocycles. The number of hydrogen-bond acceptors (Lipinski definition) is 8. The molecule has 0 N–H and O–H groups in total. The monoisotopic (exact) mass is 468 g/mol. The number of nitro benzene ring substituents is 2. The molecular formula is C19H14Cl2N2O8. The fourth-order valence-corrected chi connectivity index (χ4v) is 3.59. The van der Waals surface area contributed by atoms with E-state index in [1.54, 1.807) is 0 Å². The molecule has 1 aliphatic rings. The predicted octanol–water partition coefficient (Wildman–Crippen LogP) is 3.94. The number of halogens is 2. The zero-order valence-electron chi connectivity index (χ0n) is 15.6. The second kappa shape index (κ2) is 8.86. The van der Waals surface area contributed by atoms with Gasteiger partial charge in [-0.3, -0.25) is 20.2 Å². The van der Waals surface area contributed by atoms with Gasteiger partial charge < -0.3 is 9.47 Å². The Morgan fingerprint density at radius 3 is 1.39 bits per heavy atom. The van der Waals surface area contributed by atoms with Crippen LogP contribution in [0, 0.1) is 32.1 Å². The SMILES string of the molecule is O=C(OC[C@@H]1[C@H](COC(=O)c2ccc([N+](=O)[O-])cc2)C1(Cl)Cl)c1ccc([N+](=O)[O-])cc1. The highest BCUT2D eigenvalue weighted by Crippen LogP contribution is 2.59. The quantitative estimate of drug-likeness (QED) is 0.245. The van der Waals surface area contributed by atoms with Crippen LogP contribution in [0.5, 0.6) is 0 Å². The zero-order chi connectivity index (χ0) is 22.8. The maximum atomic E-state index is 12.1. The van der Waals surface area contributed by atoms with E-state index in [-0.39, 0.29) is 35.7 Å². The number of carbonyl (C=O) groups is 2. The summed E-state index contributed by atoms with van der Waals surface area (Å²) in [6, 6.07) is 9.81. The summed E-state index contributed by atoms with van der Waals surface area (Å²) in [7, 11) is 0. The maximum Gasteiger partial charge on any atom is 0.338 e. The number of nitro groups is 2. The highest BCUT2D eigenvalue weighted by Gasteiger charge is 2.64. The summed E-state index contributed by atoms with van der Waals surface area (Å²) in [4.78, 5) is 44.3. The van der Waals surface area contributed by atoms with Gasteiger partial charge in [0.05, 0.1) is 34.2 Å². The molecule has 0 saturated heterocycles. The van der Waals surface area contributed by atoms with Crippen molar-refractivity contribution < 1.29 is 28.9 Å². The van der Waals surface area contributed by atoms with Crippen molar-refractivity contribution in [2.24, 2.45) is 11.8 Å². The lowest BCUT2D eigenvalue weighted by molar-refractivity contribution is -0.385. The highest BCUT2D eigenvalue weighted by atomic mass is 35.5. The summed E-state index contributed by atoms with van der Waals surface area (Å²) in [6.45, 7) is -0.273. The molecule has 12 heteroatoms. The number of esters is 2. The fourth-order valence-electron chi connectivity index (χ4n) is 2.85. The van der Waals surface area contributed by atoms with Crippen molar-refractivity contribution in [2.75, 3.05) is 13.2 Å². The normalized spacial score (nSPS) is 18.6. The standard InChI is InChI=1S/C19H14Cl2N2O8/c20-19(21)15(9-30-17(24)11-1-5-13(6-2-11)22(26)27)16(19)10-31-18(25)12-3-7-14(8-4-12)23(28)29/h1-8,15-16H,9-10H2/t15-,16+. The number of non-ortho nitro benzene ring substituents is 2. The maximum absolute atomic E-state index is 12.1. The van der Waals surface area contributed by atoms with Gasteiger partial charge in [-0.15, -0.1) is 23.2 Å². The minimum Gasteiger partial charge on any atom is -0.462 e. The summed E-state index contributed by atoms with van der Waals surface area (Å²) < 4.78 is 9.07. The van der Waals surface area contributed by atoms with Crippen LogP contribution in [0.2, 0.25) is 0 Å². The van der Waals surface area contributed by atoms with Crippen molar-refractivity contribution >= 4 is 46.5 Å². The third-order valence-corrected chi connectivity index (χ3v) is 5.90. The van der Waals surface area contributed by atoms with Gasteiger partial charge in [-0.05, 0) is 24.3 Å². The minimum atomic E-state index is -1.26. The van der Waals surface area contributed by atoms with Gasteiger partial charge >= 0.3 is 11.9 Å². The van der Waals surface area contributed by atoms with Crippen LogP contribution >= 0.6 is 23.2 Å². The summed E-state index contributed by atoms with van der Waals surface area (Å²) >= 11 is 12.4. The third kappa shape index (κ3) is 5.09. The number of alkyl halides is 2. The second-order valence-corrected chi connectivity index (χ2v) is 8.14. The summed E-state index contributed by atoms with van der Waals surface area (Å²) in [6.07, 6.45) is 0. The molecular weight excluding hydrogens is 455 g/mol. The van der Waals surface area contributed by atoms with Crippen LogP contribution in [0.4, 0.5) is 11.4 Å². The van der Waals surface area contributed by atoms with Crippen LogP contribution in [-0.2, 0) is 9.47 Å². The lowest BCUT2D eigenvalue weighted by atomic mass is 10.2. The van der Waals surface area contributed by atoms with Crippen molar-refractivity contribution in [3.63, 3.8) is 0 Å². The molecule has 1 fully saturated rings. The van der Waals surface area contributed by atoms with Gasteiger partial charge in [-0.1, -0.05) is 0 Å². The summed E-state index contributed by atoms with van der Waals surface area (Å²) in [5.41, 5.74) is -0.0624. The van der Waals surface area contributed by atoms with Crippen molar-refractivity contribution in [3.05, 3.63) is 79.9 Å². The number of rotatable bonds is 8. The van der Waals surface area contributed by atoms with Gasteiger partial charge in [0.25, 0.3) is 11.4 Å². The molecule has 3 rings (SSSR count). The molecule has 162 valence electrons. The Kier molecular flexibility index (Phi) is 6.42. The minimum absolute atomic E-state index is 0.127. The first-order valence-corrected chi connectivity index (χ1v) is 9.58. The molecule has 2 aromatic carbocycles. The molecule has 2 aromatic rings. The second-order valence-electron chi connectivity index (χ2n) is 6.69. The molecule has 0 spiro atoms. The lowest BCUT2D eigenvalue weighted by Gasteiger charge is -2.05. The Morgan fingerprint density at radius 2 is 1.10 bits per heavy atom. The molecule has 0 bridgehead atoms. The zero-order valence-corrected chi connectivity index (χ0v) is 17.1. The van der Waals surface area contributed by atoms with Crippen molar-refractivity contribution in [1.29, 1.82) is 0 Å². The Balaban J connectivity index is 1.50. The molecule has 0 unspecified atom stereocenters. The number of ether oxygens (including phenoxy) is 2. The lowest BCUT2D eigenvalue weighted by Crippen LogP contribution is -2.11. The fraction of sp³-hybridized carbons (Fsp3) is 0.263. The van der Waals surface area contributed by atoms with Crippen molar-refractivity contribution in [2.45, 2.75) is 4.33 Å². The van der Waals surface area contributed by atoms with E-state index >= 15 is 0 Å². The van der Waals surface area contributed by atoms with E-state index in [0.29, 0.717) is 0 Å². The first-order valence-electron chi connectivity index (χ1n) is 8.82. The molecule has 1 saturated carbocycles. The van der Waals surface area contributed by atoms with Gasteiger partial charge in [-0.2, -0.15) is 0 Å².